The fourth-order valence-electron chi connectivity index (χ4n) is 4.94. The molecule has 4 rings (SSSR count). The highest BCUT2D eigenvalue weighted by atomic mass is 16.6. The van der Waals surface area contributed by atoms with E-state index in [1.807, 2.05) is 60.7 Å². The van der Waals surface area contributed by atoms with Crippen LogP contribution in [-0.4, -0.2) is 38.3 Å². The zero-order valence-corrected chi connectivity index (χ0v) is 20.7. The van der Waals surface area contributed by atoms with Crippen LogP contribution in [0.1, 0.15) is 47.2 Å². The number of ether oxygens (including phenoxy) is 2. The van der Waals surface area contributed by atoms with E-state index in [-0.39, 0.29) is 23.5 Å². The summed E-state index contributed by atoms with van der Waals surface area (Å²) >= 11 is 0. The van der Waals surface area contributed by atoms with E-state index in [0.29, 0.717) is 24.4 Å². The number of amides is 2. The highest BCUT2D eigenvalue weighted by molar-refractivity contribution is 5.97. The van der Waals surface area contributed by atoms with Gasteiger partial charge in [-0.3, -0.25) is 4.79 Å². The van der Waals surface area contributed by atoms with Gasteiger partial charge in [0.05, 0.1) is 12.7 Å². The van der Waals surface area contributed by atoms with Gasteiger partial charge in [-0.25, -0.2) is 4.79 Å². The first-order valence-corrected chi connectivity index (χ1v) is 12.5. The molecule has 3 aromatic rings. The average molecular weight is 487 g/mol. The molecule has 3 aromatic carbocycles. The molecule has 2 amide bonds. The van der Waals surface area contributed by atoms with Crippen molar-refractivity contribution in [3.63, 3.8) is 0 Å². The number of methoxy groups -OCH3 is 1. The van der Waals surface area contributed by atoms with E-state index < -0.39 is 0 Å². The molecular formula is C30H34N2O4. The summed E-state index contributed by atoms with van der Waals surface area (Å²) in [6.45, 7) is 1.04. The molecule has 1 aliphatic carbocycles. The summed E-state index contributed by atoms with van der Waals surface area (Å²) < 4.78 is 11.1. The summed E-state index contributed by atoms with van der Waals surface area (Å²) in [6, 6.07) is 27.6. The molecule has 0 unspecified atom stereocenters. The fourth-order valence-corrected chi connectivity index (χ4v) is 4.94. The average Bonchev–Trinajstić information content (AvgIpc) is 2.93. The van der Waals surface area contributed by atoms with Crippen LogP contribution in [0.2, 0.25) is 0 Å². The Labute approximate surface area is 213 Å². The first-order chi connectivity index (χ1) is 17.6. The van der Waals surface area contributed by atoms with Crippen LogP contribution in [0, 0.1) is 0 Å². The van der Waals surface area contributed by atoms with Crippen LogP contribution < -0.4 is 15.4 Å². The standard InChI is InChI=1S/C30H34N2O4/c1-35-27-15-9-8-14-26(27)28(33)32-22-30(24-12-6-3-7-13-24)19-16-25(17-20-30)36-29(34)31-21-18-23-10-4-2-5-11-23/h2-15,25H,16-22H2,1H3,(H,31,34)(H,32,33). The van der Waals surface area contributed by atoms with Crippen molar-refractivity contribution in [3.05, 3.63) is 102 Å². The van der Waals surface area contributed by atoms with Crippen LogP contribution in [0.4, 0.5) is 4.79 Å². The Morgan fingerprint density at radius 3 is 2.19 bits per heavy atom. The van der Waals surface area contributed by atoms with Gasteiger partial charge < -0.3 is 20.1 Å². The number of carbonyl (C=O) groups is 2. The third-order valence-corrected chi connectivity index (χ3v) is 7.01. The molecule has 1 saturated carbocycles. The summed E-state index contributed by atoms with van der Waals surface area (Å²) in [6.07, 6.45) is 3.37. The molecule has 6 nitrogen and oxygen atoms in total. The normalized spacial score (nSPS) is 19.2. The van der Waals surface area contributed by atoms with E-state index in [4.69, 9.17) is 9.47 Å². The Morgan fingerprint density at radius 2 is 1.50 bits per heavy atom. The molecule has 36 heavy (non-hydrogen) atoms. The second-order valence-electron chi connectivity index (χ2n) is 9.30. The molecular weight excluding hydrogens is 452 g/mol. The maximum atomic E-state index is 13.0. The molecule has 2 N–H and O–H groups in total. The predicted octanol–water partition coefficient (Wildman–Crippen LogP) is 5.27. The second kappa shape index (κ2) is 12.2. The third kappa shape index (κ3) is 6.45. The first-order valence-electron chi connectivity index (χ1n) is 12.5. The minimum atomic E-state index is -0.368. The van der Waals surface area contributed by atoms with Crippen LogP contribution in [0.5, 0.6) is 5.75 Å². The van der Waals surface area contributed by atoms with Crippen molar-refractivity contribution in [3.8, 4) is 5.75 Å². The van der Waals surface area contributed by atoms with Crippen LogP contribution in [0.15, 0.2) is 84.9 Å². The molecule has 0 atom stereocenters. The number of nitrogens with one attached hydrogen (secondary N) is 2. The van der Waals surface area contributed by atoms with E-state index in [0.717, 1.165) is 32.1 Å². The predicted molar refractivity (Wildman–Crippen MR) is 140 cm³/mol. The summed E-state index contributed by atoms with van der Waals surface area (Å²) in [7, 11) is 1.57. The third-order valence-electron chi connectivity index (χ3n) is 7.01. The Hall–Kier alpha value is -3.80. The first kappa shape index (κ1) is 25.3. The lowest BCUT2D eigenvalue weighted by atomic mass is 9.68. The van der Waals surface area contributed by atoms with E-state index in [1.165, 1.54) is 11.1 Å². The molecule has 6 heteroatoms. The number of alkyl carbamates (subject to hydrolysis) is 1. The topological polar surface area (TPSA) is 76.7 Å². The summed E-state index contributed by atoms with van der Waals surface area (Å²) in [5.74, 6) is 0.401. The molecule has 0 radical (unpaired) electrons. The number of benzene rings is 3. The van der Waals surface area contributed by atoms with Gasteiger partial charge in [-0.05, 0) is 55.4 Å². The van der Waals surface area contributed by atoms with Crippen LogP contribution in [0.25, 0.3) is 0 Å². The van der Waals surface area contributed by atoms with E-state index in [2.05, 4.69) is 22.8 Å². The largest absolute Gasteiger partial charge is 0.496 e. The van der Waals surface area contributed by atoms with Gasteiger partial charge in [0.15, 0.2) is 0 Å². The Kier molecular flexibility index (Phi) is 8.61. The lowest BCUT2D eigenvalue weighted by Crippen LogP contribution is -2.45. The minimum Gasteiger partial charge on any atom is -0.496 e. The summed E-state index contributed by atoms with van der Waals surface area (Å²) in [5, 5.41) is 6.01. The lowest BCUT2D eigenvalue weighted by molar-refractivity contribution is 0.0566. The molecule has 188 valence electrons. The van der Waals surface area contributed by atoms with Crippen LogP contribution in [0.3, 0.4) is 0 Å². The molecule has 0 aliphatic heterocycles. The fraction of sp³-hybridized carbons (Fsp3) is 0.333. The monoisotopic (exact) mass is 486 g/mol. The lowest BCUT2D eigenvalue weighted by Gasteiger charge is -2.40. The van der Waals surface area contributed by atoms with Gasteiger partial charge in [0.25, 0.3) is 5.91 Å². The van der Waals surface area contributed by atoms with Gasteiger partial charge in [-0.2, -0.15) is 0 Å². The van der Waals surface area contributed by atoms with Crippen molar-refractivity contribution in [2.75, 3.05) is 20.2 Å². The van der Waals surface area contributed by atoms with Crippen molar-refractivity contribution in [1.82, 2.24) is 10.6 Å². The molecule has 0 saturated heterocycles. The van der Waals surface area contributed by atoms with Crippen LogP contribution in [-0.2, 0) is 16.6 Å². The van der Waals surface area contributed by atoms with Gasteiger partial charge in [-0.15, -0.1) is 0 Å². The number of para-hydroxylation sites is 1. The van der Waals surface area contributed by atoms with Gasteiger partial charge in [0.2, 0.25) is 0 Å². The van der Waals surface area contributed by atoms with E-state index in [1.54, 1.807) is 19.2 Å². The molecule has 0 aromatic heterocycles. The van der Waals surface area contributed by atoms with Crippen molar-refractivity contribution >= 4 is 12.0 Å². The molecule has 0 spiro atoms. The number of hydrogen-bond acceptors (Lipinski definition) is 4. The van der Waals surface area contributed by atoms with Gasteiger partial charge in [-0.1, -0.05) is 72.8 Å². The molecule has 1 aliphatic rings. The smallest absolute Gasteiger partial charge is 0.407 e. The molecule has 0 heterocycles. The van der Waals surface area contributed by atoms with E-state index >= 15 is 0 Å². The molecule has 1 fully saturated rings. The van der Waals surface area contributed by atoms with Crippen molar-refractivity contribution in [2.24, 2.45) is 0 Å². The maximum absolute atomic E-state index is 13.0. The highest BCUT2D eigenvalue weighted by Crippen LogP contribution is 2.40. The van der Waals surface area contributed by atoms with Crippen molar-refractivity contribution in [1.29, 1.82) is 0 Å². The maximum Gasteiger partial charge on any atom is 0.407 e. The van der Waals surface area contributed by atoms with Crippen LogP contribution >= 0.6 is 0 Å². The van der Waals surface area contributed by atoms with Gasteiger partial charge in [0.1, 0.15) is 11.9 Å². The SMILES string of the molecule is COc1ccccc1C(=O)NCC1(c2ccccc2)CCC(OC(=O)NCCc2ccccc2)CC1. The number of carbonyl (C=O) groups excluding carboxylic acids is 2. The zero-order chi connectivity index (χ0) is 25.2. The Bertz CT molecular complexity index is 1130. The Morgan fingerprint density at radius 1 is 0.861 bits per heavy atom. The van der Waals surface area contributed by atoms with Crippen molar-refractivity contribution in [2.45, 2.75) is 43.6 Å². The summed E-state index contributed by atoms with van der Waals surface area (Å²) in [4.78, 5) is 25.3. The number of hydrogen-bond donors (Lipinski definition) is 2. The van der Waals surface area contributed by atoms with Gasteiger partial charge >= 0.3 is 6.09 Å². The molecule has 0 bridgehead atoms. The highest BCUT2D eigenvalue weighted by Gasteiger charge is 2.38. The second-order valence-corrected chi connectivity index (χ2v) is 9.30. The zero-order valence-electron chi connectivity index (χ0n) is 20.7. The quantitative estimate of drug-likeness (QED) is 0.432. The number of rotatable bonds is 9. The van der Waals surface area contributed by atoms with Crippen molar-refractivity contribution < 1.29 is 19.1 Å². The van der Waals surface area contributed by atoms with E-state index in [9.17, 15) is 9.59 Å². The Balaban J connectivity index is 1.34. The van der Waals surface area contributed by atoms with Gasteiger partial charge in [0, 0.05) is 18.5 Å². The summed E-state index contributed by atoms with van der Waals surface area (Å²) in [5.41, 5.74) is 2.67. The minimum absolute atomic E-state index is 0.136.